The first-order valence-electron chi connectivity index (χ1n) is 7.78. The summed E-state index contributed by atoms with van der Waals surface area (Å²) in [5.41, 5.74) is 10.3. The molecule has 0 atom stereocenters. The maximum Gasteiger partial charge on any atom is 0.0687 e. The van der Waals surface area contributed by atoms with Gasteiger partial charge in [0.15, 0.2) is 0 Å². The predicted molar refractivity (Wildman–Crippen MR) is 108 cm³/mol. The third-order valence-electron chi connectivity index (χ3n) is 4.83. The Morgan fingerprint density at radius 1 is 0.760 bits per heavy atom. The molecule has 1 nitrogen and oxygen atoms in total. The first-order valence-corrected chi connectivity index (χ1v) is 7.78. The fourth-order valence-electron chi connectivity index (χ4n) is 3.28. The molecule has 0 bridgehead atoms. The van der Waals surface area contributed by atoms with Crippen molar-refractivity contribution in [3.8, 4) is 11.1 Å². The van der Waals surface area contributed by atoms with Gasteiger partial charge in [-0.15, -0.1) is 24.8 Å². The number of aliphatic hydroxyl groups excluding tert-OH is 1. The van der Waals surface area contributed by atoms with Crippen LogP contribution in [0.2, 0.25) is 0 Å². The molecule has 1 aliphatic rings. The van der Waals surface area contributed by atoms with E-state index in [4.69, 9.17) is 0 Å². The zero-order chi connectivity index (χ0) is 15.7. The number of aliphatic hydroxyl groups is 1. The van der Waals surface area contributed by atoms with E-state index in [1.54, 1.807) is 0 Å². The molecule has 25 heavy (non-hydrogen) atoms. The van der Waals surface area contributed by atoms with Crippen LogP contribution in [0.4, 0.5) is 0 Å². The Bertz CT molecular complexity index is 794. The molecule has 0 fully saturated rings. The van der Waals surface area contributed by atoms with E-state index in [1.165, 1.54) is 33.4 Å². The minimum Gasteiger partial charge on any atom is -0.392 e. The van der Waals surface area contributed by atoms with Crippen LogP contribution in [0.1, 0.15) is 38.3 Å². The van der Waals surface area contributed by atoms with E-state index in [-0.39, 0.29) is 53.1 Å². The van der Waals surface area contributed by atoms with Crippen molar-refractivity contribution in [2.45, 2.75) is 33.8 Å². The van der Waals surface area contributed by atoms with Gasteiger partial charge in [0, 0.05) is 21.7 Å². The van der Waals surface area contributed by atoms with Crippen molar-refractivity contribution in [1.82, 2.24) is 0 Å². The van der Waals surface area contributed by atoms with Crippen LogP contribution in [0.15, 0.2) is 65.3 Å². The summed E-state index contributed by atoms with van der Waals surface area (Å²) < 4.78 is 0. The molecule has 2 aromatic rings. The number of allylic oxidation sites excluding steroid dienone is 4. The number of hydrogen-bond donors (Lipinski definition) is 1. The van der Waals surface area contributed by atoms with Crippen LogP contribution < -0.4 is 0 Å². The summed E-state index contributed by atoms with van der Waals surface area (Å²) in [6.07, 6.45) is 1.02. The molecule has 3 rings (SSSR count). The van der Waals surface area contributed by atoms with Crippen LogP contribution in [0.5, 0.6) is 0 Å². The van der Waals surface area contributed by atoms with Gasteiger partial charge in [0.2, 0.25) is 0 Å². The number of halogens is 2. The second-order valence-corrected chi connectivity index (χ2v) is 6.05. The van der Waals surface area contributed by atoms with Crippen LogP contribution in [0.3, 0.4) is 0 Å². The zero-order valence-corrected chi connectivity index (χ0v) is 18.0. The number of hydrogen-bond acceptors (Lipinski definition) is 1. The van der Waals surface area contributed by atoms with Gasteiger partial charge in [0.25, 0.3) is 0 Å². The molecule has 0 heterocycles. The predicted octanol–water partition coefficient (Wildman–Crippen LogP) is 6.20. The summed E-state index contributed by atoms with van der Waals surface area (Å²) in [6.45, 7) is 6.72. The van der Waals surface area contributed by atoms with E-state index in [2.05, 4.69) is 51.1 Å². The Balaban J connectivity index is 0.00000192. The fourth-order valence-corrected chi connectivity index (χ4v) is 3.28. The Morgan fingerprint density at radius 3 is 1.80 bits per heavy atom. The molecule has 1 N–H and O–H groups in total. The molecule has 0 amide bonds. The van der Waals surface area contributed by atoms with Crippen LogP contribution in [-0.2, 0) is 28.3 Å². The average molecular weight is 411 g/mol. The maximum absolute atomic E-state index is 9.65. The third-order valence-corrected chi connectivity index (χ3v) is 4.83. The molecular weight excluding hydrogens is 387 g/mol. The summed E-state index contributed by atoms with van der Waals surface area (Å²) in [7, 11) is 0. The molecular formula is C21H24Cl2OTi. The van der Waals surface area contributed by atoms with Crippen LogP contribution in [0.25, 0.3) is 16.7 Å². The first-order chi connectivity index (χ1) is 10.6. The first kappa shape index (κ1) is 24.2. The largest absolute Gasteiger partial charge is 0.392 e. The second-order valence-electron chi connectivity index (χ2n) is 6.05. The molecule has 0 aromatic heterocycles. The fraction of sp³-hybridized carbons (Fsp3) is 0.238. The summed E-state index contributed by atoms with van der Waals surface area (Å²) in [4.78, 5) is 0. The smallest absolute Gasteiger partial charge is 0.0687 e. The molecule has 0 unspecified atom stereocenters. The van der Waals surface area contributed by atoms with Crippen molar-refractivity contribution in [3.05, 3.63) is 76.4 Å². The second kappa shape index (κ2) is 10.4. The summed E-state index contributed by atoms with van der Waals surface area (Å²) in [5, 5.41) is 9.65. The Labute approximate surface area is 177 Å². The molecule has 132 valence electrons. The molecule has 0 saturated heterocycles. The van der Waals surface area contributed by atoms with E-state index >= 15 is 0 Å². The van der Waals surface area contributed by atoms with Gasteiger partial charge in [0.05, 0.1) is 6.61 Å². The number of rotatable bonds is 3. The Hall–Kier alpha value is -0.826. The number of benzene rings is 2. The third kappa shape index (κ3) is 4.67. The zero-order valence-electron chi connectivity index (χ0n) is 14.8. The Kier molecular flexibility index (Phi) is 10.0. The Morgan fingerprint density at radius 2 is 1.28 bits per heavy atom. The normalized spacial score (nSPS) is 13.1. The minimum atomic E-state index is 0. The van der Waals surface area contributed by atoms with Gasteiger partial charge in [-0.25, -0.2) is 0 Å². The van der Waals surface area contributed by atoms with E-state index in [9.17, 15) is 5.11 Å². The van der Waals surface area contributed by atoms with Crippen molar-refractivity contribution < 1.29 is 26.8 Å². The van der Waals surface area contributed by atoms with Crippen molar-refractivity contribution in [3.63, 3.8) is 0 Å². The summed E-state index contributed by atoms with van der Waals surface area (Å²) >= 11 is 0. The van der Waals surface area contributed by atoms with E-state index < -0.39 is 0 Å². The average Bonchev–Trinajstić information content (AvgIpc) is 2.82. The van der Waals surface area contributed by atoms with Gasteiger partial charge in [-0.1, -0.05) is 54.1 Å². The van der Waals surface area contributed by atoms with Crippen LogP contribution in [0, 0.1) is 0 Å². The van der Waals surface area contributed by atoms with Crippen LogP contribution in [-0.4, -0.2) is 5.11 Å². The molecule has 2 aromatic carbocycles. The molecule has 0 aliphatic heterocycles. The van der Waals surface area contributed by atoms with Gasteiger partial charge < -0.3 is 5.11 Å². The SMILES string of the molecule is CC1=C(C)C(C)=C(c2ccccc2-c2ccccc2CO)C1.Cl.Cl.[Ti]. The van der Waals surface area contributed by atoms with Gasteiger partial charge >= 0.3 is 0 Å². The van der Waals surface area contributed by atoms with Crippen molar-refractivity contribution in [2.75, 3.05) is 0 Å². The van der Waals surface area contributed by atoms with Crippen molar-refractivity contribution in [1.29, 1.82) is 0 Å². The van der Waals surface area contributed by atoms with Gasteiger partial charge in [-0.3, -0.25) is 0 Å². The van der Waals surface area contributed by atoms with Crippen molar-refractivity contribution in [2.24, 2.45) is 0 Å². The summed E-state index contributed by atoms with van der Waals surface area (Å²) in [6, 6.07) is 16.7. The molecule has 0 saturated carbocycles. The monoisotopic (exact) mass is 410 g/mol. The standard InChI is InChI=1S/C21H22O.2ClH.Ti/c1-14-12-21(16(3)15(14)2)20-11-7-6-10-19(20)18-9-5-4-8-17(18)13-22;;;/h4-11,22H,12-13H2,1-3H3;2*1H;. The summed E-state index contributed by atoms with van der Waals surface area (Å²) in [5.74, 6) is 0. The molecule has 1 aliphatic carbocycles. The van der Waals surface area contributed by atoms with Crippen molar-refractivity contribution >= 4 is 30.4 Å². The molecule has 4 heteroatoms. The van der Waals surface area contributed by atoms with Gasteiger partial charge in [-0.2, -0.15) is 0 Å². The quantitative estimate of drug-likeness (QED) is 0.597. The maximum atomic E-state index is 9.65. The van der Waals surface area contributed by atoms with Crippen LogP contribution >= 0.6 is 24.8 Å². The van der Waals surface area contributed by atoms with E-state index in [0.29, 0.717) is 0 Å². The van der Waals surface area contributed by atoms with Gasteiger partial charge in [-0.05, 0) is 66.2 Å². The molecule has 0 radical (unpaired) electrons. The van der Waals surface area contributed by atoms with E-state index in [0.717, 1.165) is 17.5 Å². The molecule has 0 spiro atoms. The topological polar surface area (TPSA) is 20.2 Å². The van der Waals surface area contributed by atoms with Gasteiger partial charge in [0.1, 0.15) is 0 Å². The minimum absolute atomic E-state index is 0. The van der Waals surface area contributed by atoms with E-state index in [1.807, 2.05) is 18.2 Å².